The van der Waals surface area contributed by atoms with Crippen molar-refractivity contribution in [1.82, 2.24) is 0 Å². The first-order valence-corrected chi connectivity index (χ1v) is 52.9. The predicted octanol–water partition coefficient (Wildman–Crippen LogP) is 10.7. The summed E-state index contributed by atoms with van der Waals surface area (Å²) in [5, 5.41) is 0. The van der Waals surface area contributed by atoms with E-state index in [9.17, 15) is 0 Å². The fourth-order valence-corrected chi connectivity index (χ4v) is 16.6. The quantitative estimate of drug-likeness (QED) is 0.103. The Labute approximate surface area is 372 Å². The normalized spacial score (nSPS) is 31.5. The number of ether oxygens (including phenoxy) is 2. The lowest BCUT2D eigenvalue weighted by Gasteiger charge is -2.57. The van der Waals surface area contributed by atoms with E-state index in [1.165, 1.54) is 0 Å². The molecule has 1 saturated heterocycles. The largest absolute Gasteiger partial charge is 0.415 e. The second kappa shape index (κ2) is 20.2. The Bertz CT molecular complexity index is 1260. The van der Waals surface area contributed by atoms with Crippen molar-refractivity contribution in [2.45, 2.75) is 244 Å². The minimum absolute atomic E-state index is 0.360. The first-order chi connectivity index (χ1) is 25.8. The molecule has 9 unspecified atom stereocenters. The van der Waals surface area contributed by atoms with Gasteiger partial charge in [0.1, 0.15) is 61.0 Å². The Morgan fingerprint density at radius 1 is 0.271 bits per heavy atom. The first-order valence-electron chi connectivity index (χ1n) is 22.2. The van der Waals surface area contributed by atoms with Gasteiger partial charge in [-0.3, -0.25) is 0 Å². The molecule has 0 radical (unpaired) electrons. The Balaban J connectivity index is 3.13. The zero-order chi connectivity index (χ0) is 46.3. The SMILES string of the molecule is C[Si](C)(C)OCC1OC(OC2C(O[Si](C)(C)C)C(O[Si](C)(C)C)C(O[Si](C)(C)C)C(O[Si](C)(C)C)C2O[Si](C)(C)C)C(O[Si](C)(C)C)C(O[Si](C)(C)C)C1O[Si](C)(C)C. The molecule has 0 N–H and O–H groups in total. The van der Waals surface area contributed by atoms with E-state index in [0.717, 1.165) is 0 Å². The van der Waals surface area contributed by atoms with Gasteiger partial charge in [0.2, 0.25) is 0 Å². The molecule has 59 heavy (non-hydrogen) atoms. The van der Waals surface area contributed by atoms with Crippen LogP contribution in [0.15, 0.2) is 0 Å². The van der Waals surface area contributed by atoms with Crippen LogP contribution in [0.1, 0.15) is 0 Å². The van der Waals surface area contributed by atoms with Crippen molar-refractivity contribution in [2.24, 2.45) is 0 Å². The van der Waals surface area contributed by atoms with Gasteiger partial charge in [0.25, 0.3) is 0 Å². The molecule has 0 aromatic heterocycles. The molecule has 1 heterocycles. The molecule has 9 atom stereocenters. The molecular weight excluding hydrogens is 897 g/mol. The average Bonchev–Trinajstić information content (AvgIpc) is 2.90. The van der Waals surface area contributed by atoms with Crippen LogP contribution in [0.5, 0.6) is 0 Å². The van der Waals surface area contributed by atoms with E-state index in [1.807, 2.05) is 0 Å². The third-order valence-corrected chi connectivity index (χ3v) is 17.3. The van der Waals surface area contributed by atoms with Gasteiger partial charge in [-0.25, -0.2) is 0 Å². The topological polar surface area (TPSA) is 102 Å². The molecule has 0 aromatic carbocycles. The highest BCUT2D eigenvalue weighted by Crippen LogP contribution is 2.42. The summed E-state index contributed by atoms with van der Waals surface area (Å²) >= 11 is 0. The fraction of sp³-hybridized carbons (Fsp3) is 1.00. The third kappa shape index (κ3) is 21.6. The van der Waals surface area contributed by atoms with Gasteiger partial charge in [0.15, 0.2) is 81.1 Å². The molecule has 1 saturated carbocycles. The molecule has 0 spiro atoms. The van der Waals surface area contributed by atoms with Gasteiger partial charge in [-0.1, -0.05) is 0 Å². The van der Waals surface area contributed by atoms with Gasteiger partial charge in [-0.05, 0) is 177 Å². The lowest BCUT2D eigenvalue weighted by atomic mass is 9.84. The zero-order valence-electron chi connectivity index (χ0n) is 43.0. The summed E-state index contributed by atoms with van der Waals surface area (Å²) in [4.78, 5) is 0. The van der Waals surface area contributed by atoms with Gasteiger partial charge in [-0.2, -0.15) is 0 Å². The van der Waals surface area contributed by atoms with Crippen molar-refractivity contribution < 1.29 is 49.3 Å². The maximum absolute atomic E-state index is 7.70. The van der Waals surface area contributed by atoms with Gasteiger partial charge in [0, 0.05) is 0 Å². The molecule has 0 bridgehead atoms. The van der Waals surface area contributed by atoms with E-state index >= 15 is 0 Å². The van der Waals surface area contributed by atoms with Gasteiger partial charge in [-0.15, -0.1) is 0 Å². The van der Waals surface area contributed by atoms with Crippen LogP contribution in [-0.2, 0) is 49.3 Å². The highest BCUT2D eigenvalue weighted by atomic mass is 28.4. The third-order valence-electron chi connectivity index (χ3n) is 8.42. The van der Waals surface area contributed by atoms with E-state index in [1.54, 1.807) is 0 Å². The Morgan fingerprint density at radius 3 is 0.746 bits per heavy atom. The molecule has 1 aliphatic carbocycles. The lowest BCUT2D eigenvalue weighted by Crippen LogP contribution is -2.74. The van der Waals surface area contributed by atoms with Crippen LogP contribution < -0.4 is 0 Å². The summed E-state index contributed by atoms with van der Waals surface area (Å²) < 4.78 is 80.1. The van der Waals surface area contributed by atoms with Crippen LogP contribution in [0.3, 0.4) is 0 Å². The van der Waals surface area contributed by atoms with E-state index in [4.69, 9.17) is 49.3 Å². The summed E-state index contributed by atoms with van der Waals surface area (Å²) in [7, 11) is -19.8. The molecular formula is C39H94O11Si9. The second-order valence-electron chi connectivity index (χ2n) is 25.6. The van der Waals surface area contributed by atoms with Crippen LogP contribution in [0.2, 0.25) is 177 Å². The van der Waals surface area contributed by atoms with Crippen molar-refractivity contribution in [3.63, 3.8) is 0 Å². The predicted molar refractivity (Wildman–Crippen MR) is 269 cm³/mol. The summed E-state index contributed by atoms with van der Waals surface area (Å²) in [5.41, 5.74) is 0. The molecule has 20 heteroatoms. The molecule has 352 valence electrons. The summed E-state index contributed by atoms with van der Waals surface area (Å²) in [6.07, 6.45) is -5.93. The van der Waals surface area contributed by atoms with Crippen molar-refractivity contribution >= 4 is 74.9 Å². The minimum Gasteiger partial charge on any atom is -0.415 e. The Hall–Kier alpha value is 1.51. The average molecular weight is 992 g/mol. The monoisotopic (exact) mass is 990 g/mol. The molecule has 2 fully saturated rings. The number of hydrogen-bond donors (Lipinski definition) is 0. The summed E-state index contributed by atoms with van der Waals surface area (Å²) in [6.45, 7) is 60.5. The van der Waals surface area contributed by atoms with Crippen LogP contribution in [-0.4, -0.2) is 149 Å². The highest BCUT2D eigenvalue weighted by Gasteiger charge is 2.61. The van der Waals surface area contributed by atoms with Crippen LogP contribution in [0, 0.1) is 0 Å². The zero-order valence-corrected chi connectivity index (χ0v) is 52.0. The molecule has 0 amide bonds. The van der Waals surface area contributed by atoms with Crippen molar-refractivity contribution in [2.75, 3.05) is 6.61 Å². The number of rotatable bonds is 21. The van der Waals surface area contributed by atoms with E-state index < -0.39 is 142 Å². The highest BCUT2D eigenvalue weighted by molar-refractivity contribution is 6.72. The van der Waals surface area contributed by atoms with Gasteiger partial charge < -0.3 is 49.3 Å². The molecule has 1 aliphatic heterocycles. The van der Waals surface area contributed by atoms with E-state index in [2.05, 4.69) is 177 Å². The van der Waals surface area contributed by atoms with Crippen LogP contribution in [0.25, 0.3) is 0 Å². The van der Waals surface area contributed by atoms with Crippen molar-refractivity contribution in [3.05, 3.63) is 0 Å². The van der Waals surface area contributed by atoms with Gasteiger partial charge >= 0.3 is 0 Å². The van der Waals surface area contributed by atoms with Crippen LogP contribution >= 0.6 is 0 Å². The summed E-state index contributed by atoms with van der Waals surface area (Å²) in [5.74, 6) is 0. The summed E-state index contributed by atoms with van der Waals surface area (Å²) in [6, 6.07) is 0. The standard InChI is InChI=1S/C39H94O11Si9/c1-51(2,3)40-28-29-30(43-52(4,5)6)32(44-53(7,8)9)38(50-59(25,26)27)39(41-29)42-31-33(45-54(10,11)12)35(47-56(16,17)18)37(49-58(22,23)24)36(48-57(19,20)21)34(31)46-55(13,14)15/h29-39H,28H2,1-27H3. The Kier molecular flexibility index (Phi) is 19.4. The molecule has 11 nitrogen and oxygen atoms in total. The smallest absolute Gasteiger partial charge is 0.186 e. The van der Waals surface area contributed by atoms with E-state index in [-0.39, 0.29) is 0 Å². The van der Waals surface area contributed by atoms with Gasteiger partial charge in [0.05, 0.1) is 6.61 Å². The molecule has 2 rings (SSSR count). The maximum Gasteiger partial charge on any atom is 0.186 e. The molecule has 0 aromatic rings. The fourth-order valence-electron chi connectivity index (χ4n) is 7.22. The second-order valence-corrected chi connectivity index (χ2v) is 65.8. The number of hydrogen-bond acceptors (Lipinski definition) is 11. The lowest BCUT2D eigenvalue weighted by molar-refractivity contribution is -0.328. The van der Waals surface area contributed by atoms with Crippen LogP contribution in [0.4, 0.5) is 0 Å². The Morgan fingerprint density at radius 2 is 0.492 bits per heavy atom. The van der Waals surface area contributed by atoms with E-state index in [0.29, 0.717) is 6.61 Å². The minimum atomic E-state index is -2.28. The van der Waals surface area contributed by atoms with Crippen molar-refractivity contribution in [1.29, 1.82) is 0 Å². The first kappa shape index (κ1) is 56.6. The van der Waals surface area contributed by atoms with Crippen molar-refractivity contribution in [3.8, 4) is 0 Å². The molecule has 2 aliphatic rings. The maximum atomic E-state index is 7.70.